The van der Waals surface area contributed by atoms with Crippen LogP contribution < -0.4 is 0 Å². The van der Waals surface area contributed by atoms with Gasteiger partial charge >= 0.3 is 0 Å². The molecule has 100 valence electrons. The smallest absolute Gasteiger partial charge is 0.137 e. The molecule has 1 aliphatic rings. The summed E-state index contributed by atoms with van der Waals surface area (Å²) in [5.41, 5.74) is 0. The van der Waals surface area contributed by atoms with Gasteiger partial charge in [-0.2, -0.15) is 0 Å². The zero-order valence-electron chi connectivity index (χ0n) is 11.7. The SMILES string of the molecule is CCC1CCC(=O)C(CN(C)C(C)COC)C1. The van der Waals surface area contributed by atoms with E-state index in [4.69, 9.17) is 4.74 Å². The number of methoxy groups -OCH3 is 1. The van der Waals surface area contributed by atoms with Gasteiger partial charge in [-0.1, -0.05) is 13.3 Å². The van der Waals surface area contributed by atoms with Crippen molar-refractivity contribution in [3.63, 3.8) is 0 Å². The second kappa shape index (κ2) is 7.12. The van der Waals surface area contributed by atoms with Gasteiger partial charge < -0.3 is 9.64 Å². The average molecular weight is 241 g/mol. The third kappa shape index (κ3) is 4.40. The van der Waals surface area contributed by atoms with Crippen molar-refractivity contribution >= 4 is 5.78 Å². The molecule has 0 aliphatic heterocycles. The Labute approximate surface area is 106 Å². The lowest BCUT2D eigenvalue weighted by molar-refractivity contribution is -0.126. The standard InChI is InChI=1S/C14H27NO2/c1-5-12-6-7-14(16)13(8-12)9-15(3)11(2)10-17-4/h11-13H,5-10H2,1-4H3. The maximum Gasteiger partial charge on any atom is 0.137 e. The molecule has 0 N–H and O–H groups in total. The van der Waals surface area contributed by atoms with Gasteiger partial charge in [0.15, 0.2) is 0 Å². The minimum atomic E-state index is 0.248. The minimum Gasteiger partial charge on any atom is -0.383 e. The highest BCUT2D eigenvalue weighted by molar-refractivity contribution is 5.81. The summed E-state index contributed by atoms with van der Waals surface area (Å²) >= 11 is 0. The van der Waals surface area contributed by atoms with Gasteiger partial charge in [0.2, 0.25) is 0 Å². The van der Waals surface area contributed by atoms with Gasteiger partial charge in [-0.05, 0) is 32.7 Å². The van der Waals surface area contributed by atoms with Crippen LogP contribution >= 0.6 is 0 Å². The Bertz CT molecular complexity index is 242. The van der Waals surface area contributed by atoms with E-state index in [1.807, 2.05) is 0 Å². The molecule has 1 rings (SSSR count). The van der Waals surface area contributed by atoms with E-state index < -0.39 is 0 Å². The second-order valence-corrected chi connectivity index (χ2v) is 5.46. The maximum atomic E-state index is 11.9. The van der Waals surface area contributed by atoms with Gasteiger partial charge in [-0.15, -0.1) is 0 Å². The zero-order valence-corrected chi connectivity index (χ0v) is 11.7. The molecule has 3 atom stereocenters. The average Bonchev–Trinajstić information content (AvgIpc) is 2.32. The summed E-state index contributed by atoms with van der Waals surface area (Å²) in [6.45, 7) is 6.00. The number of carbonyl (C=O) groups excluding carboxylic acids is 1. The molecular formula is C14H27NO2. The second-order valence-electron chi connectivity index (χ2n) is 5.46. The topological polar surface area (TPSA) is 29.5 Å². The van der Waals surface area contributed by atoms with Crippen LogP contribution in [-0.4, -0.2) is 44.0 Å². The van der Waals surface area contributed by atoms with Crippen LogP contribution in [0.5, 0.6) is 0 Å². The van der Waals surface area contributed by atoms with Crippen molar-refractivity contribution in [2.45, 2.75) is 45.6 Å². The van der Waals surface area contributed by atoms with E-state index in [0.717, 1.165) is 38.3 Å². The molecule has 1 aliphatic carbocycles. The first-order valence-corrected chi connectivity index (χ1v) is 6.80. The highest BCUT2D eigenvalue weighted by Crippen LogP contribution is 2.29. The van der Waals surface area contributed by atoms with Crippen molar-refractivity contribution in [1.29, 1.82) is 0 Å². The summed E-state index contributed by atoms with van der Waals surface area (Å²) in [6.07, 6.45) is 4.18. The largest absolute Gasteiger partial charge is 0.383 e. The molecule has 17 heavy (non-hydrogen) atoms. The fourth-order valence-corrected chi connectivity index (χ4v) is 2.65. The number of nitrogens with zero attached hydrogens (tertiary/aromatic N) is 1. The van der Waals surface area contributed by atoms with Crippen molar-refractivity contribution in [3.05, 3.63) is 0 Å². The Hall–Kier alpha value is -0.410. The number of carbonyl (C=O) groups is 1. The molecule has 3 heteroatoms. The van der Waals surface area contributed by atoms with Crippen LogP contribution in [0.4, 0.5) is 0 Å². The molecule has 3 nitrogen and oxygen atoms in total. The molecular weight excluding hydrogens is 214 g/mol. The molecule has 0 radical (unpaired) electrons. The Kier molecular flexibility index (Phi) is 6.14. The molecule has 1 saturated carbocycles. The summed E-state index contributed by atoms with van der Waals surface area (Å²) in [6, 6.07) is 0.384. The van der Waals surface area contributed by atoms with Crippen LogP contribution in [0.3, 0.4) is 0 Å². The lowest BCUT2D eigenvalue weighted by Gasteiger charge is -2.32. The van der Waals surface area contributed by atoms with Gasteiger partial charge in [0, 0.05) is 32.0 Å². The molecule has 0 heterocycles. The van der Waals surface area contributed by atoms with E-state index in [1.54, 1.807) is 7.11 Å². The van der Waals surface area contributed by atoms with Gasteiger partial charge in [0.25, 0.3) is 0 Å². The number of Topliss-reactive ketones (excluding diaryl/α,β-unsaturated/α-hetero) is 1. The number of likely N-dealkylation sites (N-methyl/N-ethyl adjacent to an activating group) is 1. The molecule has 0 spiro atoms. The molecule has 3 unspecified atom stereocenters. The van der Waals surface area contributed by atoms with Gasteiger partial charge in [0.05, 0.1) is 6.61 Å². The highest BCUT2D eigenvalue weighted by Gasteiger charge is 2.29. The fraction of sp³-hybridized carbons (Fsp3) is 0.929. The molecule has 0 amide bonds. The summed E-state index contributed by atoms with van der Waals surface area (Å²) in [4.78, 5) is 14.2. The summed E-state index contributed by atoms with van der Waals surface area (Å²) in [5.74, 6) is 1.47. The number of hydrogen-bond donors (Lipinski definition) is 0. The van der Waals surface area contributed by atoms with Crippen LogP contribution in [0.2, 0.25) is 0 Å². The lowest BCUT2D eigenvalue weighted by atomic mass is 9.79. The van der Waals surface area contributed by atoms with Crippen LogP contribution in [-0.2, 0) is 9.53 Å². The van der Waals surface area contributed by atoms with E-state index in [0.29, 0.717) is 11.8 Å². The number of ether oxygens (including phenoxy) is 1. The van der Waals surface area contributed by atoms with Crippen LogP contribution in [0.25, 0.3) is 0 Å². The molecule has 0 aromatic rings. The normalized spacial score (nSPS) is 27.5. The van der Waals surface area contributed by atoms with Crippen molar-refractivity contribution in [2.24, 2.45) is 11.8 Å². The molecule has 0 aromatic carbocycles. The Morgan fingerprint density at radius 1 is 1.53 bits per heavy atom. The quantitative estimate of drug-likeness (QED) is 0.715. The Balaban J connectivity index is 2.45. The highest BCUT2D eigenvalue weighted by atomic mass is 16.5. The van der Waals surface area contributed by atoms with E-state index in [9.17, 15) is 4.79 Å². The van der Waals surface area contributed by atoms with Crippen molar-refractivity contribution in [2.75, 3.05) is 27.3 Å². The monoisotopic (exact) mass is 241 g/mol. The molecule has 1 fully saturated rings. The molecule has 0 aromatic heterocycles. The van der Waals surface area contributed by atoms with E-state index in [2.05, 4.69) is 25.8 Å². The first kappa shape index (κ1) is 14.7. The Morgan fingerprint density at radius 2 is 2.24 bits per heavy atom. The summed E-state index contributed by atoms with van der Waals surface area (Å²) in [7, 11) is 3.82. The van der Waals surface area contributed by atoms with Crippen LogP contribution in [0, 0.1) is 11.8 Å². The number of ketones is 1. The van der Waals surface area contributed by atoms with Gasteiger partial charge in [-0.25, -0.2) is 0 Å². The van der Waals surface area contributed by atoms with Crippen LogP contribution in [0.15, 0.2) is 0 Å². The summed E-state index contributed by atoms with van der Waals surface area (Å²) < 4.78 is 5.16. The van der Waals surface area contributed by atoms with Gasteiger partial charge in [0.1, 0.15) is 5.78 Å². The maximum absolute atomic E-state index is 11.9. The third-order valence-corrected chi connectivity index (χ3v) is 4.12. The van der Waals surface area contributed by atoms with E-state index >= 15 is 0 Å². The van der Waals surface area contributed by atoms with Crippen molar-refractivity contribution in [3.8, 4) is 0 Å². The number of hydrogen-bond acceptors (Lipinski definition) is 3. The summed E-state index contributed by atoms with van der Waals surface area (Å²) in [5, 5.41) is 0. The zero-order chi connectivity index (χ0) is 12.8. The minimum absolute atomic E-state index is 0.248. The fourth-order valence-electron chi connectivity index (χ4n) is 2.65. The molecule has 0 saturated heterocycles. The molecule has 0 bridgehead atoms. The van der Waals surface area contributed by atoms with Crippen LogP contribution in [0.1, 0.15) is 39.5 Å². The van der Waals surface area contributed by atoms with Crippen molar-refractivity contribution < 1.29 is 9.53 Å². The predicted octanol–water partition coefficient (Wildman–Crippen LogP) is 2.35. The van der Waals surface area contributed by atoms with E-state index in [1.165, 1.54) is 6.42 Å². The van der Waals surface area contributed by atoms with Gasteiger partial charge in [-0.3, -0.25) is 4.79 Å². The van der Waals surface area contributed by atoms with Crippen molar-refractivity contribution in [1.82, 2.24) is 4.90 Å². The predicted molar refractivity (Wildman–Crippen MR) is 70.1 cm³/mol. The van der Waals surface area contributed by atoms with E-state index in [-0.39, 0.29) is 5.92 Å². The first-order chi connectivity index (χ1) is 8.08. The lowest BCUT2D eigenvalue weighted by Crippen LogP contribution is -2.40. The Morgan fingerprint density at radius 3 is 2.82 bits per heavy atom. The number of rotatable bonds is 6. The third-order valence-electron chi connectivity index (χ3n) is 4.12. The first-order valence-electron chi connectivity index (χ1n) is 6.80.